The van der Waals surface area contributed by atoms with Crippen molar-refractivity contribution in [2.45, 2.75) is 68.3 Å². The number of hydrogen-bond acceptors (Lipinski definition) is 9. The van der Waals surface area contributed by atoms with E-state index in [1.165, 1.54) is 4.90 Å². The minimum atomic E-state index is -5.08. The number of aryl methyl sites for hydroxylation is 1. The molecule has 0 saturated carbocycles. The Morgan fingerprint density at radius 2 is 1.64 bits per heavy atom. The number of nitrogens with one attached hydrogen (secondary N) is 4. The number of carbonyl (C=O) groups excluding carboxylic acids is 5. The SMILES string of the molecule is CC(CN1C(=O)CNC(=O)c2cc(CCCCCNC(=N)N)ccc21)(c1ccccc1)[C@@]1(C(=O)OCc2ccccc2)NC1(C=O)CC=O.O=C(O)C(F)(F)F. The molecule has 0 spiro atoms. The number of rotatable bonds is 16. The molecule has 2 unspecified atom stereocenters. The number of carboxylic acids is 1. The second-order valence-electron chi connectivity index (χ2n) is 13.6. The van der Waals surface area contributed by atoms with Gasteiger partial charge in [-0.05, 0) is 48.1 Å². The van der Waals surface area contributed by atoms with Gasteiger partial charge in [0.1, 0.15) is 24.7 Å². The van der Waals surface area contributed by atoms with Crippen molar-refractivity contribution in [3.8, 4) is 0 Å². The van der Waals surface area contributed by atoms with Gasteiger partial charge in [-0.3, -0.25) is 20.3 Å². The minimum Gasteiger partial charge on any atom is -0.475 e. The van der Waals surface area contributed by atoms with Crippen LogP contribution in [0.5, 0.6) is 0 Å². The Morgan fingerprint density at radius 3 is 2.23 bits per heavy atom. The Bertz CT molecular complexity index is 1930. The number of nitrogens with two attached hydrogens (primary N) is 1. The average Bonchev–Trinajstić information content (AvgIpc) is 3.89. The predicted octanol–water partition coefficient (Wildman–Crippen LogP) is 3.16. The Hall–Kier alpha value is -6.10. The largest absolute Gasteiger partial charge is 0.490 e. The lowest BCUT2D eigenvalue weighted by molar-refractivity contribution is -0.192. The molecule has 17 heteroatoms. The highest BCUT2D eigenvalue weighted by Gasteiger charge is 2.80. The lowest BCUT2D eigenvalue weighted by Crippen LogP contribution is -2.59. The van der Waals surface area contributed by atoms with Crippen molar-refractivity contribution in [3.63, 3.8) is 0 Å². The van der Waals surface area contributed by atoms with Crippen molar-refractivity contribution in [1.82, 2.24) is 16.0 Å². The topological polar surface area (TPSA) is 231 Å². The van der Waals surface area contributed by atoms with Crippen LogP contribution < -0.4 is 26.6 Å². The number of amides is 2. The first-order chi connectivity index (χ1) is 26.5. The molecular weight excluding hydrogens is 737 g/mol. The van der Waals surface area contributed by atoms with E-state index >= 15 is 0 Å². The number of anilines is 1. The Kier molecular flexibility index (Phi) is 13.7. The number of benzene rings is 3. The zero-order valence-corrected chi connectivity index (χ0v) is 30.5. The van der Waals surface area contributed by atoms with Gasteiger partial charge in [-0.15, -0.1) is 0 Å². The molecule has 298 valence electrons. The van der Waals surface area contributed by atoms with Crippen molar-refractivity contribution < 1.29 is 51.8 Å². The number of carbonyl (C=O) groups is 6. The van der Waals surface area contributed by atoms with Gasteiger partial charge >= 0.3 is 18.1 Å². The van der Waals surface area contributed by atoms with Crippen LogP contribution in [0.2, 0.25) is 0 Å². The highest BCUT2D eigenvalue weighted by atomic mass is 19.4. The Balaban J connectivity index is 0.000000908. The number of halogens is 3. The molecule has 3 aromatic rings. The van der Waals surface area contributed by atoms with Crippen LogP contribution in [0.1, 0.15) is 59.7 Å². The van der Waals surface area contributed by atoms with E-state index in [2.05, 4.69) is 16.0 Å². The van der Waals surface area contributed by atoms with Crippen molar-refractivity contribution in [2.24, 2.45) is 5.73 Å². The maximum absolute atomic E-state index is 14.4. The molecule has 56 heavy (non-hydrogen) atoms. The summed E-state index contributed by atoms with van der Waals surface area (Å²) >= 11 is 0. The van der Waals surface area contributed by atoms with Gasteiger partial charge in [-0.1, -0.05) is 80.1 Å². The van der Waals surface area contributed by atoms with Crippen LogP contribution in [-0.2, 0) is 47.2 Å². The van der Waals surface area contributed by atoms with E-state index in [9.17, 15) is 37.1 Å². The number of hydrogen-bond donors (Lipinski definition) is 6. The fourth-order valence-corrected chi connectivity index (χ4v) is 6.94. The number of ether oxygens (including phenoxy) is 1. The van der Waals surface area contributed by atoms with Gasteiger partial charge in [0.2, 0.25) is 5.91 Å². The molecule has 2 aliphatic heterocycles. The molecule has 5 rings (SSSR count). The Morgan fingerprint density at radius 1 is 1.00 bits per heavy atom. The van der Waals surface area contributed by atoms with Crippen molar-refractivity contribution in [2.75, 3.05) is 24.5 Å². The quantitative estimate of drug-likeness (QED) is 0.0309. The summed E-state index contributed by atoms with van der Waals surface area (Å²) in [7, 11) is 0. The summed E-state index contributed by atoms with van der Waals surface area (Å²) in [6, 6.07) is 23.6. The van der Waals surface area contributed by atoms with E-state index in [-0.39, 0.29) is 32.1 Å². The lowest BCUT2D eigenvalue weighted by atomic mass is 9.65. The number of fused-ring (bicyclic) bond motifs is 1. The molecule has 1 saturated heterocycles. The smallest absolute Gasteiger partial charge is 0.475 e. The molecule has 0 radical (unpaired) electrons. The van der Waals surface area contributed by atoms with E-state index in [4.69, 9.17) is 25.8 Å². The minimum absolute atomic E-state index is 0.0627. The van der Waals surface area contributed by atoms with E-state index in [1.54, 1.807) is 31.2 Å². The summed E-state index contributed by atoms with van der Waals surface area (Å²) in [5, 5.41) is 23.0. The van der Waals surface area contributed by atoms with Crippen LogP contribution in [0.25, 0.3) is 0 Å². The van der Waals surface area contributed by atoms with Gasteiger partial charge in [-0.25, -0.2) is 9.59 Å². The number of unbranched alkanes of at least 4 members (excludes halogenated alkanes) is 2. The van der Waals surface area contributed by atoms with Gasteiger partial charge in [0.25, 0.3) is 5.91 Å². The van der Waals surface area contributed by atoms with E-state index < -0.39 is 46.4 Å². The molecule has 7 N–H and O–H groups in total. The maximum Gasteiger partial charge on any atom is 0.490 e. The van der Waals surface area contributed by atoms with Gasteiger partial charge < -0.3 is 40.7 Å². The monoisotopic (exact) mass is 780 g/mol. The molecule has 0 aliphatic carbocycles. The first-order valence-corrected chi connectivity index (χ1v) is 17.6. The van der Waals surface area contributed by atoms with Crippen LogP contribution in [-0.4, -0.2) is 84.3 Å². The Labute approximate surface area is 320 Å². The van der Waals surface area contributed by atoms with E-state index in [0.29, 0.717) is 42.4 Å². The molecule has 2 aliphatic rings. The molecule has 2 heterocycles. The number of guanidine groups is 1. The first-order valence-electron chi connectivity index (χ1n) is 17.6. The normalized spacial score (nSPS) is 19.8. The average molecular weight is 781 g/mol. The van der Waals surface area contributed by atoms with E-state index in [0.717, 1.165) is 30.4 Å². The van der Waals surface area contributed by atoms with Crippen molar-refractivity contribution in [3.05, 3.63) is 101 Å². The molecule has 2 amide bonds. The summed E-state index contributed by atoms with van der Waals surface area (Å²) in [6.07, 6.45) is -0.937. The molecule has 1 fully saturated rings. The zero-order valence-electron chi connectivity index (χ0n) is 30.5. The predicted molar refractivity (Wildman–Crippen MR) is 198 cm³/mol. The summed E-state index contributed by atoms with van der Waals surface area (Å²) in [4.78, 5) is 76.7. The highest BCUT2D eigenvalue weighted by Crippen LogP contribution is 2.55. The fraction of sp³-hybridized carbons (Fsp3) is 0.359. The maximum atomic E-state index is 14.4. The third-order valence-corrected chi connectivity index (χ3v) is 9.85. The number of nitrogens with zero attached hydrogens (tertiary/aromatic N) is 1. The summed E-state index contributed by atoms with van der Waals surface area (Å²) in [5.74, 6) is -4.35. The van der Waals surface area contributed by atoms with Crippen LogP contribution in [0.15, 0.2) is 78.9 Å². The van der Waals surface area contributed by atoms with Crippen LogP contribution in [0.4, 0.5) is 18.9 Å². The zero-order chi connectivity index (χ0) is 41.1. The van der Waals surface area contributed by atoms with Crippen molar-refractivity contribution in [1.29, 1.82) is 5.41 Å². The van der Waals surface area contributed by atoms with E-state index in [1.807, 2.05) is 54.6 Å². The number of aldehydes is 2. The third kappa shape index (κ3) is 9.39. The summed E-state index contributed by atoms with van der Waals surface area (Å²) in [5.41, 5.74) is 3.65. The second kappa shape index (κ2) is 18.0. The fourth-order valence-electron chi connectivity index (χ4n) is 6.94. The standard InChI is InChI=1S/C37H42N6O6.C2HF3O2/c1-35(28-14-8-3-9-15-28,37(36(25-45,42-37)18-20-44)33(48)49-23-27-12-5-2-6-13-27)24-43-30-17-16-26(11-7-4-10-19-40-34(38)39)21-29(30)32(47)41-22-31(43)46;3-2(4,5)1(6)7/h2-3,5-6,8-9,12-17,20-21,25,42H,4,7,10-11,18-19,22-24H2,1H3,(H,41,47)(H4,38,39,40);(H,6,7)/t35?,36?,37-;/m1./s1. The van der Waals surface area contributed by atoms with Gasteiger partial charge in [-0.2, -0.15) is 13.2 Å². The first kappa shape index (κ1) is 42.6. The molecule has 3 aromatic carbocycles. The van der Waals surface area contributed by atoms with Crippen LogP contribution >= 0.6 is 0 Å². The van der Waals surface area contributed by atoms with Gasteiger partial charge in [0.05, 0.1) is 17.8 Å². The molecule has 14 nitrogen and oxygen atoms in total. The lowest BCUT2D eigenvalue weighted by Gasteiger charge is -2.41. The number of carboxylic acid groups (broad SMARTS) is 1. The summed E-state index contributed by atoms with van der Waals surface area (Å²) < 4.78 is 37.6. The molecule has 0 aromatic heterocycles. The summed E-state index contributed by atoms with van der Waals surface area (Å²) in [6.45, 7) is 1.92. The van der Waals surface area contributed by atoms with Crippen LogP contribution in [0.3, 0.4) is 0 Å². The molecule has 3 atom stereocenters. The van der Waals surface area contributed by atoms with Crippen LogP contribution in [0, 0.1) is 5.41 Å². The number of aliphatic carboxylic acids is 1. The second-order valence-corrected chi connectivity index (χ2v) is 13.6. The number of esters is 1. The molecule has 0 bridgehead atoms. The highest BCUT2D eigenvalue weighted by molar-refractivity contribution is 6.10. The number of alkyl halides is 3. The third-order valence-electron chi connectivity index (χ3n) is 9.85. The van der Waals surface area contributed by atoms with Gasteiger partial charge in [0, 0.05) is 24.9 Å². The molecular formula is C39H43F3N6O8. The van der Waals surface area contributed by atoms with Crippen molar-refractivity contribution >= 4 is 48.0 Å². The van der Waals surface area contributed by atoms with Gasteiger partial charge in [0.15, 0.2) is 11.5 Å².